The highest BCUT2D eigenvalue weighted by Gasteiger charge is 2.07. The fraction of sp³-hybridized carbons (Fsp3) is 0.0769. The Morgan fingerprint density at radius 1 is 1.25 bits per heavy atom. The van der Waals surface area contributed by atoms with Crippen LogP contribution in [0.5, 0.6) is 0 Å². The van der Waals surface area contributed by atoms with Gasteiger partial charge in [0.15, 0.2) is 6.29 Å². The molecule has 1 aromatic heterocycles. The molecule has 0 atom stereocenters. The van der Waals surface area contributed by atoms with Crippen LogP contribution in [0.15, 0.2) is 36.5 Å². The summed E-state index contributed by atoms with van der Waals surface area (Å²) in [6, 6.07) is 8.42. The van der Waals surface area contributed by atoms with Crippen molar-refractivity contribution in [3.05, 3.63) is 53.5 Å². The van der Waals surface area contributed by atoms with E-state index in [-0.39, 0.29) is 5.82 Å². The third-order valence-corrected chi connectivity index (χ3v) is 2.39. The lowest BCUT2D eigenvalue weighted by Crippen LogP contribution is -1.91. The Kier molecular flexibility index (Phi) is 2.77. The second kappa shape index (κ2) is 4.23. The van der Waals surface area contributed by atoms with Crippen molar-refractivity contribution in [1.82, 2.24) is 4.98 Å². The van der Waals surface area contributed by atoms with E-state index >= 15 is 0 Å². The van der Waals surface area contributed by atoms with Crippen LogP contribution in [-0.4, -0.2) is 11.3 Å². The summed E-state index contributed by atoms with van der Waals surface area (Å²) in [7, 11) is 0. The number of benzene rings is 1. The molecule has 0 fully saturated rings. The van der Waals surface area contributed by atoms with Crippen molar-refractivity contribution in [3.63, 3.8) is 0 Å². The average molecular weight is 215 g/mol. The van der Waals surface area contributed by atoms with E-state index in [0.29, 0.717) is 28.7 Å². The molecule has 2 aromatic rings. The molecule has 80 valence electrons. The summed E-state index contributed by atoms with van der Waals surface area (Å²) in [5.74, 6) is -0.270. The number of aromatic nitrogens is 1. The Balaban J connectivity index is 2.50. The van der Waals surface area contributed by atoms with Crippen molar-refractivity contribution in [2.24, 2.45) is 0 Å². The molecule has 2 nitrogen and oxygen atoms in total. The summed E-state index contributed by atoms with van der Waals surface area (Å²) in [4.78, 5) is 14.5. The van der Waals surface area contributed by atoms with E-state index in [4.69, 9.17) is 0 Å². The third-order valence-electron chi connectivity index (χ3n) is 2.39. The number of aldehydes is 1. The van der Waals surface area contributed by atoms with Crippen LogP contribution in [-0.2, 0) is 0 Å². The second-order valence-corrected chi connectivity index (χ2v) is 3.53. The molecule has 0 spiro atoms. The first-order valence-corrected chi connectivity index (χ1v) is 4.89. The van der Waals surface area contributed by atoms with Gasteiger partial charge in [0.05, 0.1) is 5.69 Å². The molecule has 0 aliphatic carbocycles. The summed E-state index contributed by atoms with van der Waals surface area (Å²) < 4.78 is 13.8. The van der Waals surface area contributed by atoms with Gasteiger partial charge in [0, 0.05) is 17.3 Å². The van der Waals surface area contributed by atoms with Crippen LogP contribution >= 0.6 is 0 Å². The highest BCUT2D eigenvalue weighted by Crippen LogP contribution is 2.22. The Bertz CT molecular complexity index is 520. The lowest BCUT2D eigenvalue weighted by molar-refractivity contribution is 0.112. The highest BCUT2D eigenvalue weighted by atomic mass is 19.1. The number of carbonyl (C=O) groups is 1. The lowest BCUT2D eigenvalue weighted by Gasteiger charge is -2.04. The largest absolute Gasteiger partial charge is 0.298 e. The van der Waals surface area contributed by atoms with Crippen molar-refractivity contribution in [2.75, 3.05) is 0 Å². The Hall–Kier alpha value is -2.03. The number of aryl methyl sites for hydroxylation is 1. The normalized spacial score (nSPS) is 10.1. The standard InChI is InChI=1S/C13H10FNO/c1-9-3-2-4-11(13(9)14)12-6-5-10(8-16)7-15-12/h2-8H,1H3. The Labute approximate surface area is 92.8 Å². The van der Waals surface area contributed by atoms with Crippen molar-refractivity contribution in [3.8, 4) is 11.3 Å². The van der Waals surface area contributed by atoms with E-state index in [1.54, 1.807) is 37.3 Å². The second-order valence-electron chi connectivity index (χ2n) is 3.53. The maximum atomic E-state index is 13.8. The lowest BCUT2D eigenvalue weighted by atomic mass is 10.1. The van der Waals surface area contributed by atoms with Crippen LogP contribution in [0.1, 0.15) is 15.9 Å². The molecule has 0 aliphatic heterocycles. The SMILES string of the molecule is Cc1cccc(-c2ccc(C=O)cn2)c1F. The van der Waals surface area contributed by atoms with Crippen molar-refractivity contribution in [1.29, 1.82) is 0 Å². The summed E-state index contributed by atoms with van der Waals surface area (Å²) in [6.45, 7) is 1.71. The minimum absolute atomic E-state index is 0.270. The topological polar surface area (TPSA) is 30.0 Å². The number of rotatable bonds is 2. The van der Waals surface area contributed by atoms with Gasteiger partial charge in [0.1, 0.15) is 5.82 Å². The first-order chi connectivity index (χ1) is 7.72. The van der Waals surface area contributed by atoms with Gasteiger partial charge >= 0.3 is 0 Å². The number of hydrogen-bond acceptors (Lipinski definition) is 2. The van der Waals surface area contributed by atoms with Crippen LogP contribution in [0, 0.1) is 12.7 Å². The fourth-order valence-corrected chi connectivity index (χ4v) is 1.48. The molecule has 0 amide bonds. The molecule has 1 heterocycles. The van der Waals surface area contributed by atoms with Gasteiger partial charge in [-0.15, -0.1) is 0 Å². The zero-order valence-electron chi connectivity index (χ0n) is 8.77. The van der Waals surface area contributed by atoms with Gasteiger partial charge in [-0.05, 0) is 30.7 Å². The van der Waals surface area contributed by atoms with Gasteiger partial charge in [-0.3, -0.25) is 9.78 Å². The predicted octanol–water partition coefficient (Wildman–Crippen LogP) is 3.01. The van der Waals surface area contributed by atoms with Crippen LogP contribution in [0.3, 0.4) is 0 Å². The van der Waals surface area contributed by atoms with E-state index in [0.717, 1.165) is 0 Å². The zero-order valence-corrected chi connectivity index (χ0v) is 8.77. The maximum Gasteiger partial charge on any atom is 0.151 e. The number of halogens is 1. The third kappa shape index (κ3) is 1.84. The molecule has 0 radical (unpaired) electrons. The van der Waals surface area contributed by atoms with Crippen LogP contribution in [0.25, 0.3) is 11.3 Å². The Morgan fingerprint density at radius 2 is 2.06 bits per heavy atom. The summed E-state index contributed by atoms with van der Waals surface area (Å²) in [5, 5.41) is 0. The number of nitrogens with zero attached hydrogens (tertiary/aromatic N) is 1. The van der Waals surface area contributed by atoms with Crippen molar-refractivity contribution < 1.29 is 9.18 Å². The summed E-state index contributed by atoms with van der Waals surface area (Å²) >= 11 is 0. The van der Waals surface area contributed by atoms with Crippen LogP contribution < -0.4 is 0 Å². The molecule has 2 rings (SSSR count). The van der Waals surface area contributed by atoms with Crippen LogP contribution in [0.4, 0.5) is 4.39 Å². The van der Waals surface area contributed by atoms with Gasteiger partial charge in [-0.2, -0.15) is 0 Å². The number of hydrogen-bond donors (Lipinski definition) is 0. The molecule has 0 aliphatic rings. The molecule has 0 bridgehead atoms. The Morgan fingerprint density at radius 3 is 2.69 bits per heavy atom. The number of pyridine rings is 1. The fourth-order valence-electron chi connectivity index (χ4n) is 1.48. The molecule has 16 heavy (non-hydrogen) atoms. The molecular weight excluding hydrogens is 205 g/mol. The van der Waals surface area contributed by atoms with E-state index in [9.17, 15) is 9.18 Å². The summed E-state index contributed by atoms with van der Waals surface area (Å²) in [5.41, 5.74) is 2.06. The molecule has 0 unspecified atom stereocenters. The van der Waals surface area contributed by atoms with E-state index < -0.39 is 0 Å². The molecule has 0 N–H and O–H groups in total. The maximum absolute atomic E-state index is 13.8. The highest BCUT2D eigenvalue weighted by molar-refractivity contribution is 5.75. The van der Waals surface area contributed by atoms with Gasteiger partial charge in [-0.25, -0.2) is 4.39 Å². The quantitative estimate of drug-likeness (QED) is 0.721. The molecular formula is C13H10FNO. The van der Waals surface area contributed by atoms with Crippen molar-refractivity contribution >= 4 is 6.29 Å². The molecule has 1 aromatic carbocycles. The van der Waals surface area contributed by atoms with Crippen molar-refractivity contribution in [2.45, 2.75) is 6.92 Å². The van der Waals surface area contributed by atoms with Gasteiger partial charge in [0.25, 0.3) is 0 Å². The minimum atomic E-state index is -0.270. The molecule has 0 saturated heterocycles. The number of carbonyl (C=O) groups excluding carboxylic acids is 1. The predicted molar refractivity (Wildman–Crippen MR) is 59.8 cm³/mol. The molecule has 0 saturated carbocycles. The smallest absolute Gasteiger partial charge is 0.151 e. The van der Waals surface area contributed by atoms with E-state index in [1.165, 1.54) is 6.20 Å². The summed E-state index contributed by atoms with van der Waals surface area (Å²) in [6.07, 6.45) is 2.15. The first kappa shape index (κ1) is 10.5. The zero-order chi connectivity index (χ0) is 11.5. The van der Waals surface area contributed by atoms with Gasteiger partial charge in [0.2, 0.25) is 0 Å². The minimum Gasteiger partial charge on any atom is -0.298 e. The monoisotopic (exact) mass is 215 g/mol. The van der Waals surface area contributed by atoms with Gasteiger partial charge in [-0.1, -0.05) is 12.1 Å². The molecule has 3 heteroatoms. The average Bonchev–Trinajstić information content (AvgIpc) is 2.33. The van der Waals surface area contributed by atoms with E-state index in [2.05, 4.69) is 4.98 Å². The van der Waals surface area contributed by atoms with E-state index in [1.807, 2.05) is 0 Å². The first-order valence-electron chi connectivity index (χ1n) is 4.89. The van der Waals surface area contributed by atoms with Gasteiger partial charge < -0.3 is 0 Å². The van der Waals surface area contributed by atoms with Crippen LogP contribution in [0.2, 0.25) is 0 Å².